The minimum atomic E-state index is 0.665. The van der Waals surface area contributed by atoms with Crippen molar-refractivity contribution in [1.29, 1.82) is 0 Å². The summed E-state index contributed by atoms with van der Waals surface area (Å²) >= 11 is 0. The first-order valence-corrected chi connectivity index (χ1v) is 6.10. The van der Waals surface area contributed by atoms with Gasteiger partial charge in [0.25, 0.3) is 0 Å². The van der Waals surface area contributed by atoms with Gasteiger partial charge in [-0.1, -0.05) is 19.4 Å². The molecule has 0 bridgehead atoms. The quantitative estimate of drug-likeness (QED) is 0.790. The van der Waals surface area contributed by atoms with Crippen LogP contribution in [0.15, 0.2) is 18.2 Å². The summed E-state index contributed by atoms with van der Waals surface area (Å²) in [5, 5.41) is 3.23. The molecule has 3 nitrogen and oxygen atoms in total. The second-order valence-corrected chi connectivity index (χ2v) is 4.23. The van der Waals surface area contributed by atoms with E-state index in [1.165, 1.54) is 12.0 Å². The van der Waals surface area contributed by atoms with Crippen molar-refractivity contribution in [2.45, 2.75) is 19.8 Å². The van der Waals surface area contributed by atoms with Gasteiger partial charge in [-0.05, 0) is 43.6 Å². The van der Waals surface area contributed by atoms with Crippen LogP contribution in [0.4, 0.5) is 0 Å². The van der Waals surface area contributed by atoms with Crippen molar-refractivity contribution in [3.8, 4) is 11.5 Å². The molecule has 0 spiro atoms. The van der Waals surface area contributed by atoms with Gasteiger partial charge in [-0.3, -0.25) is 0 Å². The van der Waals surface area contributed by atoms with Crippen LogP contribution in [-0.4, -0.2) is 27.8 Å². The molecule has 0 aliphatic carbocycles. The summed E-state index contributed by atoms with van der Waals surface area (Å²) in [4.78, 5) is 0. The predicted octanol–water partition coefficient (Wildman–Crippen LogP) is 2.49. The summed E-state index contributed by atoms with van der Waals surface area (Å²) < 4.78 is 10.5. The van der Waals surface area contributed by atoms with Crippen molar-refractivity contribution in [3.63, 3.8) is 0 Å². The summed E-state index contributed by atoms with van der Waals surface area (Å²) in [6, 6.07) is 6.15. The fourth-order valence-corrected chi connectivity index (χ4v) is 1.99. The smallest absolute Gasteiger partial charge is 0.160 e. The Balaban J connectivity index is 2.77. The van der Waals surface area contributed by atoms with Crippen LogP contribution in [0.25, 0.3) is 0 Å². The standard InChI is InChI=1S/C14H23NO2/c1-5-11(10-15-2)8-12-6-7-13(16-3)14(9-12)17-4/h6-7,9,11,15H,5,8,10H2,1-4H3. The van der Waals surface area contributed by atoms with Gasteiger partial charge in [-0.15, -0.1) is 0 Å². The van der Waals surface area contributed by atoms with Crippen LogP contribution in [0.3, 0.4) is 0 Å². The van der Waals surface area contributed by atoms with Gasteiger partial charge in [0.05, 0.1) is 14.2 Å². The normalized spacial score (nSPS) is 12.2. The zero-order valence-electron chi connectivity index (χ0n) is 11.2. The molecule has 0 radical (unpaired) electrons. The Morgan fingerprint density at radius 3 is 2.41 bits per heavy atom. The van der Waals surface area contributed by atoms with Gasteiger partial charge >= 0.3 is 0 Å². The number of ether oxygens (including phenoxy) is 2. The SMILES string of the molecule is CCC(CNC)Cc1ccc(OC)c(OC)c1. The molecule has 0 aliphatic rings. The van der Waals surface area contributed by atoms with Crippen LogP contribution in [0.2, 0.25) is 0 Å². The lowest BCUT2D eigenvalue weighted by Crippen LogP contribution is -2.20. The van der Waals surface area contributed by atoms with Crippen molar-refractivity contribution in [2.75, 3.05) is 27.8 Å². The first kappa shape index (κ1) is 13.8. The zero-order chi connectivity index (χ0) is 12.7. The minimum Gasteiger partial charge on any atom is -0.493 e. The van der Waals surface area contributed by atoms with E-state index >= 15 is 0 Å². The lowest BCUT2D eigenvalue weighted by atomic mass is 9.96. The monoisotopic (exact) mass is 237 g/mol. The summed E-state index contributed by atoms with van der Waals surface area (Å²) in [7, 11) is 5.33. The highest BCUT2D eigenvalue weighted by atomic mass is 16.5. The third-order valence-corrected chi connectivity index (χ3v) is 3.04. The van der Waals surface area contributed by atoms with Gasteiger partial charge in [0, 0.05) is 0 Å². The van der Waals surface area contributed by atoms with Crippen LogP contribution < -0.4 is 14.8 Å². The Bertz CT molecular complexity index is 339. The highest BCUT2D eigenvalue weighted by Gasteiger charge is 2.09. The van der Waals surface area contributed by atoms with Crippen LogP contribution in [0, 0.1) is 5.92 Å². The zero-order valence-corrected chi connectivity index (χ0v) is 11.2. The average Bonchev–Trinajstić information content (AvgIpc) is 2.38. The molecule has 1 N–H and O–H groups in total. The van der Waals surface area contributed by atoms with Crippen molar-refractivity contribution in [1.82, 2.24) is 5.32 Å². The largest absolute Gasteiger partial charge is 0.493 e. The first-order chi connectivity index (χ1) is 8.24. The molecule has 0 saturated carbocycles. The maximum atomic E-state index is 5.31. The fourth-order valence-electron chi connectivity index (χ4n) is 1.99. The van der Waals surface area contributed by atoms with E-state index in [2.05, 4.69) is 24.4 Å². The molecule has 1 aromatic rings. The van der Waals surface area contributed by atoms with Crippen LogP contribution in [0.1, 0.15) is 18.9 Å². The highest BCUT2D eigenvalue weighted by molar-refractivity contribution is 5.42. The Morgan fingerprint density at radius 1 is 1.18 bits per heavy atom. The maximum Gasteiger partial charge on any atom is 0.160 e. The lowest BCUT2D eigenvalue weighted by molar-refractivity contribution is 0.354. The van der Waals surface area contributed by atoms with E-state index in [9.17, 15) is 0 Å². The number of nitrogens with one attached hydrogen (secondary N) is 1. The summed E-state index contributed by atoms with van der Waals surface area (Å²) in [5.41, 5.74) is 1.30. The van der Waals surface area contributed by atoms with E-state index in [0.29, 0.717) is 5.92 Å². The van der Waals surface area contributed by atoms with Crippen molar-refractivity contribution in [2.24, 2.45) is 5.92 Å². The molecular formula is C14H23NO2. The maximum absolute atomic E-state index is 5.31. The van der Waals surface area contributed by atoms with Gasteiger partial charge < -0.3 is 14.8 Å². The lowest BCUT2D eigenvalue weighted by Gasteiger charge is -2.15. The van der Waals surface area contributed by atoms with Crippen molar-refractivity contribution in [3.05, 3.63) is 23.8 Å². The van der Waals surface area contributed by atoms with Crippen LogP contribution in [-0.2, 0) is 6.42 Å². The number of hydrogen-bond acceptors (Lipinski definition) is 3. The predicted molar refractivity (Wildman–Crippen MR) is 71.0 cm³/mol. The number of hydrogen-bond donors (Lipinski definition) is 1. The topological polar surface area (TPSA) is 30.5 Å². The number of benzene rings is 1. The molecule has 0 heterocycles. The van der Waals surface area contributed by atoms with Gasteiger partial charge in [0.1, 0.15) is 0 Å². The van der Waals surface area contributed by atoms with Gasteiger partial charge in [-0.25, -0.2) is 0 Å². The van der Waals surface area contributed by atoms with Gasteiger partial charge in [0.2, 0.25) is 0 Å². The Morgan fingerprint density at radius 2 is 1.88 bits per heavy atom. The van der Waals surface area contributed by atoms with Crippen molar-refractivity contribution < 1.29 is 9.47 Å². The molecule has 17 heavy (non-hydrogen) atoms. The van der Waals surface area contributed by atoms with E-state index in [-0.39, 0.29) is 0 Å². The highest BCUT2D eigenvalue weighted by Crippen LogP contribution is 2.28. The summed E-state index contributed by atoms with van der Waals surface area (Å²) in [6.07, 6.45) is 2.24. The Kier molecular flexibility index (Phi) is 5.84. The van der Waals surface area contributed by atoms with Crippen molar-refractivity contribution >= 4 is 0 Å². The second-order valence-electron chi connectivity index (χ2n) is 4.23. The molecule has 0 saturated heterocycles. The molecule has 1 unspecified atom stereocenters. The molecule has 0 aromatic heterocycles. The Labute approximate surface area is 104 Å². The average molecular weight is 237 g/mol. The third kappa shape index (κ3) is 3.93. The van der Waals surface area contributed by atoms with E-state index in [1.807, 2.05) is 13.1 Å². The van der Waals surface area contributed by atoms with E-state index in [1.54, 1.807) is 14.2 Å². The molecule has 0 fully saturated rings. The summed E-state index contributed by atoms with van der Waals surface area (Å²) in [5.74, 6) is 2.26. The molecule has 0 aliphatic heterocycles. The minimum absolute atomic E-state index is 0.665. The Hall–Kier alpha value is -1.22. The molecule has 1 aromatic carbocycles. The summed E-state index contributed by atoms with van der Waals surface area (Å²) in [6.45, 7) is 3.27. The number of methoxy groups -OCH3 is 2. The van der Waals surface area contributed by atoms with Gasteiger partial charge in [0.15, 0.2) is 11.5 Å². The second kappa shape index (κ2) is 7.17. The molecule has 1 atom stereocenters. The number of rotatable bonds is 7. The van der Waals surface area contributed by atoms with E-state index < -0.39 is 0 Å². The molecule has 0 amide bonds. The third-order valence-electron chi connectivity index (χ3n) is 3.04. The van der Waals surface area contributed by atoms with E-state index in [4.69, 9.17) is 9.47 Å². The van der Waals surface area contributed by atoms with Crippen LogP contribution in [0.5, 0.6) is 11.5 Å². The van der Waals surface area contributed by atoms with Gasteiger partial charge in [-0.2, -0.15) is 0 Å². The first-order valence-electron chi connectivity index (χ1n) is 6.10. The van der Waals surface area contributed by atoms with E-state index in [0.717, 1.165) is 24.5 Å². The molecular weight excluding hydrogens is 214 g/mol. The molecule has 3 heteroatoms. The fraction of sp³-hybridized carbons (Fsp3) is 0.571. The van der Waals surface area contributed by atoms with Crippen LogP contribution >= 0.6 is 0 Å². The molecule has 1 rings (SSSR count). The molecule has 96 valence electrons.